The highest BCUT2D eigenvalue weighted by Gasteiger charge is 2.20. The topological polar surface area (TPSA) is 64.1 Å². The zero-order valence-electron chi connectivity index (χ0n) is 17.2. The molecule has 0 saturated heterocycles. The lowest BCUT2D eigenvalue weighted by Gasteiger charge is -2.06. The van der Waals surface area contributed by atoms with Crippen molar-refractivity contribution in [3.05, 3.63) is 71.1 Å². The summed E-state index contributed by atoms with van der Waals surface area (Å²) in [7, 11) is 0. The zero-order valence-corrected chi connectivity index (χ0v) is 17.2. The van der Waals surface area contributed by atoms with Crippen LogP contribution in [-0.2, 0) is 6.54 Å². The van der Waals surface area contributed by atoms with Gasteiger partial charge in [-0.25, -0.2) is 9.67 Å². The second-order valence-electron chi connectivity index (χ2n) is 7.63. The standard InChI is InChI=1S/C24H27N3O2/c1-4-5-11-19(28)20-12-13-21(29-20)23-22-16(2)14-17(3)25-24(22)27(26-23)15-18-9-7-6-8-10-18/h6-10,12-14,19,28H,4-5,11,15H2,1-3H3. The number of aliphatic hydroxyl groups is 1. The van der Waals surface area contributed by atoms with E-state index < -0.39 is 6.10 Å². The maximum Gasteiger partial charge on any atom is 0.159 e. The third kappa shape index (κ3) is 3.96. The first-order chi connectivity index (χ1) is 14.1. The molecular weight excluding hydrogens is 362 g/mol. The fraction of sp³-hybridized carbons (Fsp3) is 0.333. The number of unbranched alkanes of at least 4 members (excludes halogenated alkanes) is 1. The summed E-state index contributed by atoms with van der Waals surface area (Å²) >= 11 is 0. The van der Waals surface area contributed by atoms with E-state index in [2.05, 4.69) is 32.0 Å². The average molecular weight is 389 g/mol. The van der Waals surface area contributed by atoms with E-state index in [4.69, 9.17) is 14.5 Å². The Morgan fingerprint density at radius 3 is 2.66 bits per heavy atom. The molecule has 5 heteroatoms. The van der Waals surface area contributed by atoms with Crippen molar-refractivity contribution in [3.8, 4) is 11.5 Å². The molecular formula is C24H27N3O2. The largest absolute Gasteiger partial charge is 0.457 e. The summed E-state index contributed by atoms with van der Waals surface area (Å²) < 4.78 is 7.97. The van der Waals surface area contributed by atoms with Gasteiger partial charge in [0.15, 0.2) is 11.4 Å². The van der Waals surface area contributed by atoms with Crippen molar-refractivity contribution in [2.45, 2.75) is 52.7 Å². The molecule has 0 aliphatic heterocycles. The van der Waals surface area contributed by atoms with E-state index in [1.54, 1.807) is 0 Å². The van der Waals surface area contributed by atoms with Crippen LogP contribution in [0.15, 0.2) is 52.9 Å². The minimum atomic E-state index is -0.581. The van der Waals surface area contributed by atoms with Gasteiger partial charge in [-0.1, -0.05) is 50.1 Å². The highest BCUT2D eigenvalue weighted by Crippen LogP contribution is 2.33. The van der Waals surface area contributed by atoms with Gasteiger partial charge in [0.2, 0.25) is 0 Å². The number of benzene rings is 1. The summed E-state index contributed by atoms with van der Waals surface area (Å²) in [6.45, 7) is 6.83. The smallest absolute Gasteiger partial charge is 0.159 e. The molecule has 3 heterocycles. The van der Waals surface area contributed by atoms with Gasteiger partial charge in [-0.2, -0.15) is 5.10 Å². The molecule has 0 aliphatic carbocycles. The highest BCUT2D eigenvalue weighted by atomic mass is 16.4. The van der Waals surface area contributed by atoms with Gasteiger partial charge in [0.1, 0.15) is 17.6 Å². The molecule has 0 saturated carbocycles. The number of rotatable bonds is 7. The molecule has 0 spiro atoms. The van der Waals surface area contributed by atoms with Crippen LogP contribution in [0.3, 0.4) is 0 Å². The minimum Gasteiger partial charge on any atom is -0.457 e. The summed E-state index contributed by atoms with van der Waals surface area (Å²) in [6.07, 6.45) is 2.13. The molecule has 1 unspecified atom stereocenters. The van der Waals surface area contributed by atoms with Crippen LogP contribution in [0.5, 0.6) is 0 Å². The van der Waals surface area contributed by atoms with Crippen LogP contribution >= 0.6 is 0 Å². The molecule has 1 aromatic carbocycles. The molecule has 29 heavy (non-hydrogen) atoms. The van der Waals surface area contributed by atoms with Crippen LogP contribution in [-0.4, -0.2) is 19.9 Å². The summed E-state index contributed by atoms with van der Waals surface area (Å²) in [4.78, 5) is 4.77. The van der Waals surface area contributed by atoms with Crippen LogP contribution < -0.4 is 0 Å². The predicted octanol–water partition coefficient (Wildman–Crippen LogP) is 5.58. The molecule has 0 aliphatic rings. The van der Waals surface area contributed by atoms with E-state index in [0.29, 0.717) is 24.5 Å². The van der Waals surface area contributed by atoms with Crippen LogP contribution in [0.25, 0.3) is 22.5 Å². The lowest BCUT2D eigenvalue weighted by Crippen LogP contribution is -2.03. The van der Waals surface area contributed by atoms with Gasteiger partial charge in [0.25, 0.3) is 0 Å². The molecule has 1 atom stereocenters. The zero-order chi connectivity index (χ0) is 20.4. The first kappa shape index (κ1) is 19.4. The van der Waals surface area contributed by atoms with E-state index >= 15 is 0 Å². The number of pyridine rings is 1. The Labute approximate surface area is 171 Å². The summed E-state index contributed by atoms with van der Waals surface area (Å²) in [5, 5.41) is 16.3. The van der Waals surface area contributed by atoms with Gasteiger partial charge in [0, 0.05) is 5.69 Å². The summed E-state index contributed by atoms with van der Waals surface area (Å²) in [5.41, 5.74) is 4.87. The Kier molecular flexibility index (Phi) is 5.49. The van der Waals surface area contributed by atoms with Crippen LogP contribution in [0, 0.1) is 13.8 Å². The molecule has 1 N–H and O–H groups in total. The predicted molar refractivity (Wildman–Crippen MR) is 115 cm³/mol. The van der Waals surface area contributed by atoms with Gasteiger partial charge >= 0.3 is 0 Å². The molecule has 3 aromatic heterocycles. The van der Waals surface area contributed by atoms with Gasteiger partial charge in [-0.15, -0.1) is 0 Å². The van der Waals surface area contributed by atoms with Gasteiger partial charge in [-0.05, 0) is 49.6 Å². The summed E-state index contributed by atoms with van der Waals surface area (Å²) in [6, 6.07) is 16.1. The van der Waals surface area contributed by atoms with E-state index in [-0.39, 0.29) is 0 Å². The Hall–Kier alpha value is -2.92. The molecule has 4 aromatic rings. The quantitative estimate of drug-likeness (QED) is 0.448. The second kappa shape index (κ2) is 8.21. The Morgan fingerprint density at radius 2 is 1.90 bits per heavy atom. The van der Waals surface area contributed by atoms with Crippen molar-refractivity contribution >= 4 is 11.0 Å². The number of fused-ring (bicyclic) bond motifs is 1. The van der Waals surface area contributed by atoms with Crippen molar-refractivity contribution in [2.24, 2.45) is 0 Å². The molecule has 0 bridgehead atoms. The lowest BCUT2D eigenvalue weighted by atomic mass is 10.1. The van der Waals surface area contributed by atoms with E-state index in [9.17, 15) is 5.11 Å². The number of hydrogen-bond donors (Lipinski definition) is 1. The third-order valence-electron chi connectivity index (χ3n) is 5.22. The van der Waals surface area contributed by atoms with E-state index in [0.717, 1.165) is 40.8 Å². The maximum atomic E-state index is 10.4. The van der Waals surface area contributed by atoms with Crippen LogP contribution in [0.2, 0.25) is 0 Å². The molecule has 150 valence electrons. The SMILES string of the molecule is CCCCC(O)c1ccc(-c2nn(Cc3ccccc3)c3nc(C)cc(C)c23)o1. The van der Waals surface area contributed by atoms with Gasteiger partial charge < -0.3 is 9.52 Å². The maximum absolute atomic E-state index is 10.4. The van der Waals surface area contributed by atoms with Crippen molar-refractivity contribution in [1.29, 1.82) is 0 Å². The first-order valence-corrected chi connectivity index (χ1v) is 10.2. The Morgan fingerprint density at radius 1 is 1.10 bits per heavy atom. The lowest BCUT2D eigenvalue weighted by molar-refractivity contribution is 0.138. The number of aryl methyl sites for hydroxylation is 2. The fourth-order valence-electron chi connectivity index (χ4n) is 3.75. The van der Waals surface area contributed by atoms with Crippen molar-refractivity contribution in [2.75, 3.05) is 0 Å². The van der Waals surface area contributed by atoms with Crippen LogP contribution in [0.1, 0.15) is 54.9 Å². The van der Waals surface area contributed by atoms with Gasteiger partial charge in [0.05, 0.1) is 11.9 Å². The summed E-state index contributed by atoms with van der Waals surface area (Å²) in [5.74, 6) is 1.26. The number of aliphatic hydroxyl groups excluding tert-OH is 1. The second-order valence-corrected chi connectivity index (χ2v) is 7.63. The normalized spacial score (nSPS) is 12.6. The average Bonchev–Trinajstić information content (AvgIpc) is 3.32. The Balaban J connectivity index is 1.78. The number of hydrogen-bond acceptors (Lipinski definition) is 4. The highest BCUT2D eigenvalue weighted by molar-refractivity contribution is 5.92. The van der Waals surface area contributed by atoms with E-state index in [1.807, 2.05) is 41.9 Å². The molecule has 0 radical (unpaired) electrons. The number of furan rings is 1. The first-order valence-electron chi connectivity index (χ1n) is 10.2. The molecule has 0 fully saturated rings. The molecule has 0 amide bonds. The monoisotopic (exact) mass is 389 g/mol. The van der Waals surface area contributed by atoms with Crippen molar-refractivity contribution in [1.82, 2.24) is 14.8 Å². The molecule has 5 nitrogen and oxygen atoms in total. The number of aromatic nitrogens is 3. The van der Waals surface area contributed by atoms with Gasteiger partial charge in [-0.3, -0.25) is 0 Å². The van der Waals surface area contributed by atoms with Crippen molar-refractivity contribution < 1.29 is 9.52 Å². The molecule has 4 rings (SSSR count). The Bertz CT molecular complexity index is 1110. The van der Waals surface area contributed by atoms with Crippen LogP contribution in [0.4, 0.5) is 0 Å². The van der Waals surface area contributed by atoms with Crippen molar-refractivity contribution in [3.63, 3.8) is 0 Å². The number of nitrogens with zero attached hydrogens (tertiary/aromatic N) is 3. The third-order valence-corrected chi connectivity index (χ3v) is 5.22. The van der Waals surface area contributed by atoms with E-state index in [1.165, 1.54) is 5.56 Å². The minimum absolute atomic E-state index is 0.581. The fourth-order valence-corrected chi connectivity index (χ4v) is 3.75.